The van der Waals surface area contributed by atoms with E-state index in [1.54, 1.807) is 14.0 Å². The van der Waals surface area contributed by atoms with Gasteiger partial charge < -0.3 is 9.47 Å². The molecule has 1 aliphatic rings. The quantitative estimate of drug-likeness (QED) is 0.575. The Morgan fingerprint density at radius 3 is 2.57 bits per heavy atom. The van der Waals surface area contributed by atoms with Gasteiger partial charge in [-0.3, -0.25) is 4.79 Å². The van der Waals surface area contributed by atoms with E-state index in [9.17, 15) is 4.79 Å². The Morgan fingerprint density at radius 1 is 1.35 bits per heavy atom. The van der Waals surface area contributed by atoms with Gasteiger partial charge in [0.1, 0.15) is 27.1 Å². The van der Waals surface area contributed by atoms with Crippen molar-refractivity contribution in [2.45, 2.75) is 24.3 Å². The number of thiazole rings is 1. The predicted molar refractivity (Wildman–Crippen MR) is 91.1 cm³/mol. The average molecular weight is 372 g/mol. The zero-order valence-electron chi connectivity index (χ0n) is 12.6. The van der Waals surface area contributed by atoms with Crippen molar-refractivity contribution in [1.82, 2.24) is 4.98 Å². The van der Waals surface area contributed by atoms with Crippen molar-refractivity contribution in [1.29, 1.82) is 0 Å². The molecule has 1 saturated carbocycles. The maximum Gasteiger partial charge on any atom is 0.315 e. The maximum absolute atomic E-state index is 12.0. The molecule has 0 aliphatic heterocycles. The zero-order valence-corrected chi connectivity index (χ0v) is 15.0. The molecule has 1 heterocycles. The summed E-state index contributed by atoms with van der Waals surface area (Å²) in [7, 11) is 1.63. The lowest BCUT2D eigenvalue weighted by molar-refractivity contribution is -0.151. The van der Waals surface area contributed by atoms with E-state index in [2.05, 4.69) is 4.98 Å². The van der Waals surface area contributed by atoms with Crippen molar-refractivity contribution in [2.24, 2.45) is 5.41 Å². The van der Waals surface area contributed by atoms with Crippen molar-refractivity contribution in [3.05, 3.63) is 35.3 Å². The lowest BCUT2D eigenvalue weighted by Gasteiger charge is -2.10. The minimum atomic E-state index is -1.01. The van der Waals surface area contributed by atoms with Gasteiger partial charge in [0.05, 0.1) is 12.8 Å². The highest BCUT2D eigenvalue weighted by molar-refractivity contribution is 7.13. The number of methoxy groups -OCH3 is 1. The highest BCUT2D eigenvalue weighted by Crippen LogP contribution is 2.64. The predicted octanol–water partition coefficient (Wildman–Crippen LogP) is 4.45. The number of hydrogen-bond donors (Lipinski definition) is 0. The molecule has 0 radical (unpaired) electrons. The Balaban J connectivity index is 1.62. The van der Waals surface area contributed by atoms with Gasteiger partial charge in [-0.2, -0.15) is 0 Å². The summed E-state index contributed by atoms with van der Waals surface area (Å²) in [6.07, 6.45) is 0.413. The summed E-state index contributed by atoms with van der Waals surface area (Å²) >= 11 is 13.4. The highest BCUT2D eigenvalue weighted by Gasteiger charge is 2.69. The SMILES string of the molecule is COc1ccc(-c2nc(COC(=O)C3(C)CC3(Cl)Cl)cs2)cc1. The first-order chi connectivity index (χ1) is 10.9. The number of alkyl halides is 2. The second kappa shape index (κ2) is 5.96. The van der Waals surface area contributed by atoms with E-state index in [4.69, 9.17) is 32.7 Å². The third kappa shape index (κ3) is 3.18. The first-order valence-electron chi connectivity index (χ1n) is 7.00. The van der Waals surface area contributed by atoms with Crippen LogP contribution >= 0.6 is 34.5 Å². The van der Waals surface area contributed by atoms with E-state index >= 15 is 0 Å². The normalized spacial score (nSPS) is 21.7. The number of carbonyl (C=O) groups excluding carboxylic acids is 1. The molecule has 0 saturated heterocycles. The fourth-order valence-electron chi connectivity index (χ4n) is 2.16. The molecule has 1 aliphatic carbocycles. The van der Waals surface area contributed by atoms with E-state index in [0.717, 1.165) is 16.3 Å². The lowest BCUT2D eigenvalue weighted by atomic mass is 10.1. The number of carbonyl (C=O) groups is 1. The van der Waals surface area contributed by atoms with Gasteiger partial charge in [-0.25, -0.2) is 4.98 Å². The molecule has 1 unspecified atom stereocenters. The number of aromatic nitrogens is 1. The van der Waals surface area contributed by atoms with Crippen LogP contribution in [0.3, 0.4) is 0 Å². The third-order valence-electron chi connectivity index (χ3n) is 3.95. The maximum atomic E-state index is 12.0. The Labute approximate surface area is 148 Å². The van der Waals surface area contributed by atoms with Gasteiger partial charge in [0, 0.05) is 17.4 Å². The second-order valence-corrected chi connectivity index (χ2v) is 8.00. The Bertz CT molecular complexity index is 729. The summed E-state index contributed by atoms with van der Waals surface area (Å²) in [6, 6.07) is 7.64. The van der Waals surface area contributed by atoms with Crippen LogP contribution in [0.25, 0.3) is 10.6 Å². The number of halogens is 2. The third-order valence-corrected chi connectivity index (χ3v) is 5.99. The van der Waals surface area contributed by atoms with E-state index in [1.807, 2.05) is 29.6 Å². The monoisotopic (exact) mass is 371 g/mol. The van der Waals surface area contributed by atoms with Crippen molar-refractivity contribution >= 4 is 40.5 Å². The minimum absolute atomic E-state index is 0.116. The number of ether oxygens (including phenoxy) is 2. The van der Waals surface area contributed by atoms with E-state index in [1.165, 1.54) is 11.3 Å². The summed E-state index contributed by atoms with van der Waals surface area (Å²) in [5.41, 5.74) is 0.876. The molecule has 1 aromatic heterocycles. The molecule has 0 N–H and O–H groups in total. The number of benzene rings is 1. The minimum Gasteiger partial charge on any atom is -0.497 e. The molecule has 1 fully saturated rings. The van der Waals surface area contributed by atoms with Crippen LogP contribution < -0.4 is 4.74 Å². The highest BCUT2D eigenvalue weighted by atomic mass is 35.5. The van der Waals surface area contributed by atoms with Gasteiger partial charge in [-0.1, -0.05) is 0 Å². The number of esters is 1. The summed E-state index contributed by atoms with van der Waals surface area (Å²) in [5.74, 6) is 0.407. The lowest BCUT2D eigenvalue weighted by Crippen LogP contribution is -2.21. The second-order valence-electron chi connectivity index (χ2n) is 5.66. The molecular weight excluding hydrogens is 357 g/mol. The van der Waals surface area contributed by atoms with Crippen LogP contribution in [0.4, 0.5) is 0 Å². The molecule has 4 nitrogen and oxygen atoms in total. The van der Waals surface area contributed by atoms with Gasteiger partial charge in [-0.15, -0.1) is 34.5 Å². The van der Waals surface area contributed by atoms with Crippen molar-refractivity contribution < 1.29 is 14.3 Å². The zero-order chi connectivity index (χ0) is 16.7. The number of rotatable bonds is 5. The molecule has 0 amide bonds. The van der Waals surface area contributed by atoms with E-state index in [-0.39, 0.29) is 12.6 Å². The first-order valence-corrected chi connectivity index (χ1v) is 8.63. The van der Waals surface area contributed by atoms with Crippen LogP contribution in [-0.4, -0.2) is 22.4 Å². The summed E-state index contributed by atoms with van der Waals surface area (Å²) < 4.78 is 9.41. The van der Waals surface area contributed by atoms with Crippen LogP contribution in [0, 0.1) is 5.41 Å². The van der Waals surface area contributed by atoms with Crippen LogP contribution in [0.2, 0.25) is 0 Å². The molecule has 0 spiro atoms. The molecule has 7 heteroatoms. The smallest absolute Gasteiger partial charge is 0.315 e. The molecule has 1 aromatic carbocycles. The van der Waals surface area contributed by atoms with E-state index < -0.39 is 9.75 Å². The largest absolute Gasteiger partial charge is 0.497 e. The standard InChI is InChI=1S/C16H15Cl2NO3S/c1-15(9-16(15,17)18)14(20)22-7-11-8-23-13(19-11)10-3-5-12(21-2)6-4-10/h3-6,8H,7,9H2,1-2H3. The summed E-state index contributed by atoms with van der Waals surface area (Å²) in [6.45, 7) is 1.82. The van der Waals surface area contributed by atoms with Gasteiger partial charge >= 0.3 is 5.97 Å². The molecule has 122 valence electrons. The molecular formula is C16H15Cl2NO3S. The van der Waals surface area contributed by atoms with Crippen LogP contribution in [0.5, 0.6) is 5.75 Å². The molecule has 23 heavy (non-hydrogen) atoms. The van der Waals surface area contributed by atoms with Gasteiger partial charge in [0.25, 0.3) is 0 Å². The van der Waals surface area contributed by atoms with Crippen LogP contribution in [0.1, 0.15) is 19.0 Å². The average Bonchev–Trinajstić information content (AvgIpc) is 2.91. The Hall–Kier alpha value is -1.30. The summed E-state index contributed by atoms with van der Waals surface area (Å²) in [5, 5.41) is 2.73. The van der Waals surface area contributed by atoms with Gasteiger partial charge in [0.2, 0.25) is 0 Å². The van der Waals surface area contributed by atoms with Crippen LogP contribution in [0.15, 0.2) is 29.6 Å². The fourth-order valence-corrected chi connectivity index (χ4v) is 3.66. The summed E-state index contributed by atoms with van der Waals surface area (Å²) in [4.78, 5) is 16.5. The van der Waals surface area contributed by atoms with Crippen LogP contribution in [-0.2, 0) is 16.1 Å². The topological polar surface area (TPSA) is 48.4 Å². The Morgan fingerprint density at radius 2 is 2.00 bits per heavy atom. The fraction of sp³-hybridized carbons (Fsp3) is 0.375. The van der Waals surface area contributed by atoms with Crippen molar-refractivity contribution in [3.8, 4) is 16.3 Å². The number of hydrogen-bond acceptors (Lipinski definition) is 5. The van der Waals surface area contributed by atoms with Gasteiger partial charge in [0.15, 0.2) is 0 Å². The van der Waals surface area contributed by atoms with Crippen molar-refractivity contribution in [2.75, 3.05) is 7.11 Å². The molecule has 2 aromatic rings. The van der Waals surface area contributed by atoms with Gasteiger partial charge in [-0.05, 0) is 31.2 Å². The van der Waals surface area contributed by atoms with E-state index in [0.29, 0.717) is 12.1 Å². The first kappa shape index (κ1) is 16.6. The molecule has 1 atom stereocenters. The molecule has 3 rings (SSSR count). The van der Waals surface area contributed by atoms with Crippen molar-refractivity contribution in [3.63, 3.8) is 0 Å². The Kier molecular flexibility index (Phi) is 4.29. The number of nitrogens with zero attached hydrogens (tertiary/aromatic N) is 1. The molecule has 0 bridgehead atoms.